The van der Waals surface area contributed by atoms with Crippen LogP contribution in [0.5, 0.6) is 11.5 Å². The van der Waals surface area contributed by atoms with Gasteiger partial charge in [-0.1, -0.05) is 12.1 Å². The van der Waals surface area contributed by atoms with E-state index in [1.54, 1.807) is 54.6 Å². The number of thioether (sulfide) groups is 1. The van der Waals surface area contributed by atoms with Gasteiger partial charge in [0, 0.05) is 32.6 Å². The first-order chi connectivity index (χ1) is 18.6. The molecule has 0 saturated carbocycles. The molecule has 1 heterocycles. The van der Waals surface area contributed by atoms with Crippen molar-refractivity contribution in [2.45, 2.75) is 28.5 Å². The lowest BCUT2D eigenvalue weighted by Gasteiger charge is -2.16. The van der Waals surface area contributed by atoms with Crippen LogP contribution in [0.1, 0.15) is 24.2 Å². The highest BCUT2D eigenvalue weighted by Gasteiger charge is 2.34. The van der Waals surface area contributed by atoms with Gasteiger partial charge in [0.05, 0.1) is 18.1 Å². The lowest BCUT2D eigenvalue weighted by atomic mass is 10.1. The number of rotatable bonds is 10. The standard InChI is InChI=1S/C27H24N2O7S3/c1-3-35-19-12-8-17(9-13-19)28-38(31,32)23-16-24(26-25-21(23)6-5-7-22(25)27(30)37-26)39(33,34)29-18-10-14-20(15-11-18)36-4-2/h5-16,28-29H,3-4H2,1-2H3. The zero-order chi connectivity index (χ0) is 27.8. The van der Waals surface area contributed by atoms with Crippen LogP contribution in [0.4, 0.5) is 11.4 Å². The minimum Gasteiger partial charge on any atom is -0.494 e. The van der Waals surface area contributed by atoms with Crippen LogP contribution < -0.4 is 18.9 Å². The number of hydrogen-bond acceptors (Lipinski definition) is 8. The van der Waals surface area contributed by atoms with Crippen molar-refractivity contribution in [3.8, 4) is 11.5 Å². The van der Waals surface area contributed by atoms with E-state index < -0.39 is 20.0 Å². The molecule has 5 rings (SSSR count). The maximum atomic E-state index is 13.6. The van der Waals surface area contributed by atoms with Gasteiger partial charge in [-0.2, -0.15) is 0 Å². The number of benzene rings is 4. The van der Waals surface area contributed by atoms with Crippen molar-refractivity contribution in [2.24, 2.45) is 0 Å². The number of sulfonamides is 2. The highest BCUT2D eigenvalue weighted by atomic mass is 32.2. The van der Waals surface area contributed by atoms with Crippen LogP contribution in [0.25, 0.3) is 10.8 Å². The fourth-order valence-corrected chi connectivity index (χ4v) is 8.16. The third-order valence-corrected chi connectivity index (χ3v) is 9.86. The topological polar surface area (TPSA) is 128 Å². The molecule has 0 radical (unpaired) electrons. The minimum absolute atomic E-state index is 0.184. The average molecular weight is 585 g/mol. The summed E-state index contributed by atoms with van der Waals surface area (Å²) in [5, 5.41) is 0.176. The molecule has 0 saturated heterocycles. The summed E-state index contributed by atoms with van der Waals surface area (Å²) in [6.07, 6.45) is 0. The van der Waals surface area contributed by atoms with Crippen molar-refractivity contribution in [3.05, 3.63) is 78.4 Å². The third-order valence-electron chi connectivity index (χ3n) is 5.87. The van der Waals surface area contributed by atoms with Crippen molar-refractivity contribution in [1.29, 1.82) is 0 Å². The number of nitrogens with one attached hydrogen (secondary N) is 2. The molecule has 1 aliphatic rings. The Morgan fingerprint density at radius 2 is 1.23 bits per heavy atom. The van der Waals surface area contributed by atoms with E-state index in [0.29, 0.717) is 24.7 Å². The molecule has 39 heavy (non-hydrogen) atoms. The van der Waals surface area contributed by atoms with Crippen LogP contribution in [0.2, 0.25) is 0 Å². The summed E-state index contributed by atoms with van der Waals surface area (Å²) in [6.45, 7) is 4.60. The third kappa shape index (κ3) is 5.27. The van der Waals surface area contributed by atoms with Crippen molar-refractivity contribution >= 4 is 59.1 Å². The van der Waals surface area contributed by atoms with E-state index in [4.69, 9.17) is 9.47 Å². The summed E-state index contributed by atoms with van der Waals surface area (Å²) in [5.74, 6) is 1.15. The molecule has 1 aliphatic heterocycles. The zero-order valence-corrected chi connectivity index (χ0v) is 23.4. The molecule has 4 aromatic carbocycles. The molecule has 0 amide bonds. The van der Waals surface area contributed by atoms with Gasteiger partial charge in [-0.3, -0.25) is 14.2 Å². The average Bonchev–Trinajstić information content (AvgIpc) is 3.23. The summed E-state index contributed by atoms with van der Waals surface area (Å²) < 4.78 is 70.3. The number of carbonyl (C=O) groups excluding carboxylic acids is 1. The number of hydrogen-bond donors (Lipinski definition) is 2. The number of ether oxygens (including phenoxy) is 2. The monoisotopic (exact) mass is 584 g/mol. The molecule has 0 bridgehead atoms. The van der Waals surface area contributed by atoms with Crippen LogP contribution in [0.3, 0.4) is 0 Å². The van der Waals surface area contributed by atoms with Gasteiger partial charge in [0.25, 0.3) is 20.0 Å². The van der Waals surface area contributed by atoms with Crippen molar-refractivity contribution in [3.63, 3.8) is 0 Å². The first kappa shape index (κ1) is 26.9. The Kier molecular flexibility index (Phi) is 7.19. The van der Waals surface area contributed by atoms with Crippen LogP contribution in [0, 0.1) is 0 Å². The Morgan fingerprint density at radius 3 is 1.74 bits per heavy atom. The zero-order valence-electron chi connectivity index (χ0n) is 20.9. The van der Waals surface area contributed by atoms with Crippen LogP contribution in [-0.2, 0) is 20.0 Å². The van der Waals surface area contributed by atoms with Gasteiger partial charge < -0.3 is 9.47 Å². The maximum Gasteiger partial charge on any atom is 0.263 e. The molecular weight excluding hydrogens is 561 g/mol. The molecule has 4 aromatic rings. The van der Waals surface area contributed by atoms with E-state index in [0.717, 1.165) is 17.8 Å². The lowest BCUT2D eigenvalue weighted by molar-refractivity contribution is 0.109. The van der Waals surface area contributed by atoms with Gasteiger partial charge in [0.1, 0.15) is 16.4 Å². The summed E-state index contributed by atoms with van der Waals surface area (Å²) in [6, 6.07) is 18.5. The van der Waals surface area contributed by atoms with E-state index in [2.05, 4.69) is 9.44 Å². The van der Waals surface area contributed by atoms with E-state index in [1.165, 1.54) is 12.1 Å². The second kappa shape index (κ2) is 10.4. The fourth-order valence-electron chi connectivity index (χ4n) is 4.22. The van der Waals surface area contributed by atoms with Gasteiger partial charge in [0.2, 0.25) is 5.12 Å². The summed E-state index contributed by atoms with van der Waals surface area (Å²) in [7, 11) is -8.58. The van der Waals surface area contributed by atoms with Crippen molar-refractivity contribution < 1.29 is 31.1 Å². The van der Waals surface area contributed by atoms with E-state index >= 15 is 0 Å². The number of carbonyl (C=O) groups is 1. The molecular formula is C27H24N2O7S3. The molecule has 12 heteroatoms. The SMILES string of the molecule is CCOc1ccc(NS(=O)(=O)c2cc(S(=O)(=O)Nc3ccc(OCC)cc3)c3cccc4c3c2SC4=O)cc1. The molecule has 0 fully saturated rings. The molecule has 0 aromatic heterocycles. The highest BCUT2D eigenvalue weighted by molar-refractivity contribution is 8.15. The maximum absolute atomic E-state index is 13.6. The number of anilines is 2. The largest absolute Gasteiger partial charge is 0.494 e. The highest BCUT2D eigenvalue weighted by Crippen LogP contribution is 2.46. The Morgan fingerprint density at radius 1 is 0.718 bits per heavy atom. The second-order valence-electron chi connectivity index (χ2n) is 8.45. The molecule has 202 valence electrons. The predicted molar refractivity (Wildman–Crippen MR) is 151 cm³/mol. The van der Waals surface area contributed by atoms with Gasteiger partial charge in [-0.15, -0.1) is 0 Å². The smallest absolute Gasteiger partial charge is 0.263 e. The van der Waals surface area contributed by atoms with Crippen molar-refractivity contribution in [1.82, 2.24) is 0 Å². The van der Waals surface area contributed by atoms with E-state index in [1.807, 2.05) is 13.8 Å². The first-order valence-electron chi connectivity index (χ1n) is 12.0. The first-order valence-corrected chi connectivity index (χ1v) is 15.7. The Labute approximate surface area is 230 Å². The van der Waals surface area contributed by atoms with Crippen LogP contribution in [0.15, 0.2) is 87.5 Å². The molecule has 9 nitrogen and oxygen atoms in total. The van der Waals surface area contributed by atoms with E-state index in [9.17, 15) is 21.6 Å². The quantitative estimate of drug-likeness (QED) is 0.251. The van der Waals surface area contributed by atoms with Gasteiger partial charge in [0.15, 0.2) is 0 Å². The van der Waals surface area contributed by atoms with Crippen molar-refractivity contribution in [2.75, 3.05) is 22.7 Å². The van der Waals surface area contributed by atoms with Crippen LogP contribution in [-0.4, -0.2) is 35.2 Å². The second-order valence-corrected chi connectivity index (χ2v) is 12.7. The lowest BCUT2D eigenvalue weighted by Crippen LogP contribution is -2.17. The summed E-state index contributed by atoms with van der Waals surface area (Å²) in [5.41, 5.74) is 0.775. The summed E-state index contributed by atoms with van der Waals surface area (Å²) >= 11 is 0.765. The summed E-state index contributed by atoms with van der Waals surface area (Å²) in [4.78, 5) is 12.4. The molecule has 0 aliphatic carbocycles. The minimum atomic E-state index is -4.30. The normalized spacial score (nSPS) is 12.9. The Hall–Kier alpha value is -3.74. The predicted octanol–water partition coefficient (Wildman–Crippen LogP) is 5.48. The molecule has 0 atom stereocenters. The molecule has 0 spiro atoms. The Bertz CT molecular complexity index is 1790. The molecule has 2 N–H and O–H groups in total. The fraction of sp³-hybridized carbons (Fsp3) is 0.148. The van der Waals surface area contributed by atoms with Gasteiger partial charge >= 0.3 is 0 Å². The van der Waals surface area contributed by atoms with Gasteiger partial charge in [-0.05, 0) is 86.3 Å². The molecule has 0 unspecified atom stereocenters. The van der Waals surface area contributed by atoms with Crippen LogP contribution >= 0.6 is 11.8 Å². The van der Waals surface area contributed by atoms with Gasteiger partial charge in [-0.25, -0.2) is 16.8 Å². The van der Waals surface area contributed by atoms with E-state index in [-0.39, 0.29) is 47.5 Å². The Balaban J connectivity index is 1.61.